The Balaban J connectivity index is 1.97. The summed E-state index contributed by atoms with van der Waals surface area (Å²) in [5, 5.41) is 3.12. The number of hydrogen-bond donors (Lipinski definition) is 1. The molecular weight excluding hydrogens is 420 g/mol. The molecule has 4 nitrogen and oxygen atoms in total. The molecule has 0 heterocycles. The van der Waals surface area contributed by atoms with Crippen molar-refractivity contribution in [1.29, 1.82) is 0 Å². The van der Waals surface area contributed by atoms with Crippen molar-refractivity contribution in [1.82, 2.24) is 10.2 Å². The fraction of sp³-hybridized carbons (Fsp3) is 0.333. The van der Waals surface area contributed by atoms with Crippen LogP contribution in [0.15, 0.2) is 78.9 Å². The SMILES string of the molecule is CC[C@H](C)NC(=O)[C@@H](Cc1ccccc1)N(Cc1ccccc1)C(=O)Cc1cc(C)cc(C)c1. The van der Waals surface area contributed by atoms with Gasteiger partial charge in [-0.15, -0.1) is 0 Å². The first-order valence-corrected chi connectivity index (χ1v) is 12.1. The van der Waals surface area contributed by atoms with Gasteiger partial charge in [0.15, 0.2) is 0 Å². The summed E-state index contributed by atoms with van der Waals surface area (Å²) in [4.78, 5) is 29.0. The molecule has 0 unspecified atom stereocenters. The van der Waals surface area contributed by atoms with Gasteiger partial charge < -0.3 is 10.2 Å². The van der Waals surface area contributed by atoms with E-state index in [1.807, 2.05) is 88.4 Å². The van der Waals surface area contributed by atoms with E-state index < -0.39 is 6.04 Å². The van der Waals surface area contributed by atoms with Crippen LogP contribution in [0.5, 0.6) is 0 Å². The maximum atomic E-state index is 13.8. The van der Waals surface area contributed by atoms with E-state index in [1.54, 1.807) is 4.90 Å². The molecule has 1 N–H and O–H groups in total. The van der Waals surface area contributed by atoms with Gasteiger partial charge in [-0.3, -0.25) is 9.59 Å². The van der Waals surface area contributed by atoms with Gasteiger partial charge in [0.25, 0.3) is 0 Å². The molecular formula is C30H36N2O2. The summed E-state index contributed by atoms with van der Waals surface area (Å²) >= 11 is 0. The molecule has 34 heavy (non-hydrogen) atoms. The summed E-state index contributed by atoms with van der Waals surface area (Å²) < 4.78 is 0. The van der Waals surface area contributed by atoms with Crippen LogP contribution < -0.4 is 5.32 Å². The average Bonchev–Trinajstić information content (AvgIpc) is 2.81. The molecule has 0 radical (unpaired) electrons. The van der Waals surface area contributed by atoms with Crippen LogP contribution in [-0.4, -0.2) is 28.8 Å². The Kier molecular flexibility index (Phi) is 9.03. The van der Waals surface area contributed by atoms with Crippen molar-refractivity contribution in [3.63, 3.8) is 0 Å². The van der Waals surface area contributed by atoms with Gasteiger partial charge in [-0.25, -0.2) is 0 Å². The van der Waals surface area contributed by atoms with Crippen molar-refractivity contribution >= 4 is 11.8 Å². The number of nitrogens with one attached hydrogen (secondary N) is 1. The van der Waals surface area contributed by atoms with Crippen LogP contribution in [0.2, 0.25) is 0 Å². The second-order valence-corrected chi connectivity index (χ2v) is 9.20. The van der Waals surface area contributed by atoms with Gasteiger partial charge in [0.1, 0.15) is 6.04 Å². The molecule has 0 aliphatic rings. The van der Waals surface area contributed by atoms with E-state index in [9.17, 15) is 9.59 Å². The summed E-state index contributed by atoms with van der Waals surface area (Å²) in [6, 6.07) is 25.5. The maximum absolute atomic E-state index is 13.8. The largest absolute Gasteiger partial charge is 0.352 e. The van der Waals surface area contributed by atoms with Crippen molar-refractivity contribution in [2.45, 2.75) is 65.6 Å². The van der Waals surface area contributed by atoms with Gasteiger partial charge in [0.05, 0.1) is 6.42 Å². The van der Waals surface area contributed by atoms with Gasteiger partial charge in [0, 0.05) is 19.0 Å². The molecule has 0 saturated carbocycles. The summed E-state index contributed by atoms with van der Waals surface area (Å²) in [5.74, 6) is -0.156. The van der Waals surface area contributed by atoms with Crippen molar-refractivity contribution in [2.24, 2.45) is 0 Å². The second-order valence-electron chi connectivity index (χ2n) is 9.20. The lowest BCUT2D eigenvalue weighted by Crippen LogP contribution is -2.52. The zero-order valence-electron chi connectivity index (χ0n) is 20.8. The minimum atomic E-state index is -0.602. The van der Waals surface area contributed by atoms with Gasteiger partial charge in [0.2, 0.25) is 11.8 Å². The highest BCUT2D eigenvalue weighted by molar-refractivity contribution is 5.89. The summed E-state index contributed by atoms with van der Waals surface area (Å²) in [6.07, 6.45) is 1.56. The van der Waals surface area contributed by atoms with E-state index in [4.69, 9.17) is 0 Å². The Morgan fingerprint density at radius 1 is 0.824 bits per heavy atom. The lowest BCUT2D eigenvalue weighted by Gasteiger charge is -2.32. The standard InChI is InChI=1S/C30H36N2O2/c1-5-24(4)31-30(34)28(19-25-12-8-6-9-13-25)32(21-26-14-10-7-11-15-26)29(33)20-27-17-22(2)16-23(3)18-27/h6-18,24,28H,5,19-21H2,1-4H3,(H,31,34)/t24-,28+/m0/s1. The zero-order valence-corrected chi connectivity index (χ0v) is 20.8. The predicted octanol–water partition coefficient (Wildman–Crippen LogP) is 5.40. The molecule has 4 heteroatoms. The molecule has 3 aromatic carbocycles. The number of rotatable bonds is 10. The van der Waals surface area contributed by atoms with Crippen molar-refractivity contribution in [3.8, 4) is 0 Å². The first-order chi connectivity index (χ1) is 16.4. The van der Waals surface area contributed by atoms with E-state index in [2.05, 4.69) is 23.5 Å². The number of aryl methyl sites for hydroxylation is 2. The van der Waals surface area contributed by atoms with Gasteiger partial charge >= 0.3 is 0 Å². The van der Waals surface area contributed by atoms with Crippen LogP contribution in [0.3, 0.4) is 0 Å². The topological polar surface area (TPSA) is 49.4 Å². The van der Waals surface area contributed by atoms with E-state index in [1.165, 1.54) is 0 Å². The Bertz CT molecular complexity index is 1060. The molecule has 0 spiro atoms. The number of amides is 2. The molecule has 0 saturated heterocycles. The van der Waals surface area contributed by atoms with E-state index in [0.717, 1.165) is 34.2 Å². The lowest BCUT2D eigenvalue weighted by molar-refractivity contribution is -0.141. The van der Waals surface area contributed by atoms with E-state index >= 15 is 0 Å². The third kappa shape index (κ3) is 7.31. The highest BCUT2D eigenvalue weighted by Gasteiger charge is 2.31. The van der Waals surface area contributed by atoms with Crippen molar-refractivity contribution < 1.29 is 9.59 Å². The molecule has 2 amide bonds. The predicted molar refractivity (Wildman–Crippen MR) is 138 cm³/mol. The third-order valence-corrected chi connectivity index (χ3v) is 6.10. The van der Waals surface area contributed by atoms with Crippen LogP contribution in [0.4, 0.5) is 0 Å². The molecule has 0 bridgehead atoms. The van der Waals surface area contributed by atoms with Gasteiger partial charge in [-0.05, 0) is 43.9 Å². The monoisotopic (exact) mass is 456 g/mol. The summed E-state index contributed by atoms with van der Waals surface area (Å²) in [5.41, 5.74) is 5.27. The molecule has 3 rings (SSSR count). The first kappa shape index (κ1) is 25.2. The summed E-state index contributed by atoms with van der Waals surface area (Å²) in [7, 11) is 0. The Labute approximate surface area is 204 Å². The number of carbonyl (C=O) groups excluding carboxylic acids is 2. The normalized spacial score (nSPS) is 12.6. The molecule has 178 valence electrons. The fourth-order valence-electron chi connectivity index (χ4n) is 4.22. The quantitative estimate of drug-likeness (QED) is 0.444. The molecule has 3 aromatic rings. The van der Waals surface area contributed by atoms with E-state index in [0.29, 0.717) is 13.0 Å². The minimum absolute atomic E-state index is 0.0406. The highest BCUT2D eigenvalue weighted by atomic mass is 16.2. The van der Waals surface area contributed by atoms with Crippen molar-refractivity contribution in [3.05, 3.63) is 107 Å². The number of carbonyl (C=O) groups is 2. The minimum Gasteiger partial charge on any atom is -0.352 e. The molecule has 2 atom stereocenters. The highest BCUT2D eigenvalue weighted by Crippen LogP contribution is 2.18. The Hall–Kier alpha value is -3.40. The van der Waals surface area contributed by atoms with Crippen molar-refractivity contribution in [2.75, 3.05) is 0 Å². The van der Waals surface area contributed by atoms with Gasteiger partial charge in [-0.2, -0.15) is 0 Å². The third-order valence-electron chi connectivity index (χ3n) is 6.10. The summed E-state index contributed by atoms with van der Waals surface area (Å²) in [6.45, 7) is 8.51. The van der Waals surface area contributed by atoms with E-state index in [-0.39, 0.29) is 24.3 Å². The van der Waals surface area contributed by atoms with Crippen LogP contribution in [0, 0.1) is 13.8 Å². The average molecular weight is 457 g/mol. The van der Waals surface area contributed by atoms with Crippen LogP contribution in [0.1, 0.15) is 48.1 Å². The first-order valence-electron chi connectivity index (χ1n) is 12.1. The number of hydrogen-bond acceptors (Lipinski definition) is 2. The van der Waals surface area contributed by atoms with Crippen LogP contribution in [0.25, 0.3) is 0 Å². The fourth-order valence-corrected chi connectivity index (χ4v) is 4.22. The molecule has 0 aliphatic carbocycles. The molecule has 0 aromatic heterocycles. The molecule has 0 aliphatic heterocycles. The molecule has 0 fully saturated rings. The number of nitrogens with zero attached hydrogens (tertiary/aromatic N) is 1. The maximum Gasteiger partial charge on any atom is 0.243 e. The number of benzene rings is 3. The second kappa shape index (κ2) is 12.2. The van der Waals surface area contributed by atoms with Gasteiger partial charge in [-0.1, -0.05) is 96.9 Å². The van der Waals surface area contributed by atoms with Crippen LogP contribution >= 0.6 is 0 Å². The smallest absolute Gasteiger partial charge is 0.243 e. The van der Waals surface area contributed by atoms with Crippen LogP contribution in [-0.2, 0) is 29.0 Å². The Morgan fingerprint density at radius 3 is 1.94 bits per heavy atom. The Morgan fingerprint density at radius 2 is 1.38 bits per heavy atom. The lowest BCUT2D eigenvalue weighted by atomic mass is 10.00. The zero-order chi connectivity index (χ0) is 24.5.